The lowest BCUT2D eigenvalue weighted by Crippen LogP contribution is -2.34. The van der Waals surface area contributed by atoms with Gasteiger partial charge in [0.05, 0.1) is 34.8 Å². The van der Waals surface area contributed by atoms with Gasteiger partial charge in [-0.3, -0.25) is 19.8 Å². The Morgan fingerprint density at radius 3 is 2.33 bits per heavy atom. The van der Waals surface area contributed by atoms with Gasteiger partial charge in [0.25, 0.3) is 5.69 Å². The summed E-state index contributed by atoms with van der Waals surface area (Å²) in [6.07, 6.45) is 0. The van der Waals surface area contributed by atoms with Gasteiger partial charge in [-0.05, 0) is 43.7 Å². The first-order chi connectivity index (χ1) is 18.6. The number of esters is 1. The van der Waals surface area contributed by atoms with Crippen LogP contribution in [0.15, 0.2) is 84.1 Å². The molecule has 11 heteroatoms. The normalized spacial score (nSPS) is 15.7. The number of carbonyl (C=O) groups is 3. The number of nitrogens with zero attached hydrogens (tertiary/aromatic N) is 2. The molecule has 1 aliphatic heterocycles. The molecule has 0 saturated heterocycles. The van der Waals surface area contributed by atoms with Gasteiger partial charge in [0.15, 0.2) is 0 Å². The maximum absolute atomic E-state index is 14.1. The summed E-state index contributed by atoms with van der Waals surface area (Å²) in [4.78, 5) is 50.6. The number of nitro benzene ring substituents is 1. The van der Waals surface area contributed by atoms with Gasteiger partial charge < -0.3 is 20.3 Å². The molecule has 0 aromatic heterocycles. The third-order valence-corrected chi connectivity index (χ3v) is 6.38. The zero-order chi connectivity index (χ0) is 28.3. The monoisotopic (exact) mass is 531 g/mol. The molecule has 39 heavy (non-hydrogen) atoms. The molecule has 200 valence electrons. The minimum atomic E-state index is -1.34. The van der Waals surface area contributed by atoms with Crippen molar-refractivity contribution in [2.24, 2.45) is 5.92 Å². The van der Waals surface area contributed by atoms with Crippen LogP contribution in [0.2, 0.25) is 0 Å². The highest BCUT2D eigenvalue weighted by molar-refractivity contribution is 6.12. The maximum Gasteiger partial charge on any atom is 0.339 e. The van der Waals surface area contributed by atoms with E-state index >= 15 is 0 Å². The second-order valence-electron chi connectivity index (χ2n) is 8.71. The van der Waals surface area contributed by atoms with Crippen molar-refractivity contribution < 1.29 is 34.3 Å². The van der Waals surface area contributed by atoms with Crippen molar-refractivity contribution >= 4 is 34.9 Å². The zero-order valence-electron chi connectivity index (χ0n) is 21.0. The molecule has 2 atom stereocenters. The van der Waals surface area contributed by atoms with Gasteiger partial charge in [-0.1, -0.05) is 30.3 Å². The summed E-state index contributed by atoms with van der Waals surface area (Å²) >= 11 is 0. The summed E-state index contributed by atoms with van der Waals surface area (Å²) in [7, 11) is 0. The molecule has 0 radical (unpaired) electrons. The Kier molecular flexibility index (Phi) is 7.61. The van der Waals surface area contributed by atoms with E-state index in [0.717, 1.165) is 6.07 Å². The van der Waals surface area contributed by atoms with Crippen LogP contribution in [0.25, 0.3) is 0 Å². The number of hydrogen-bond acceptors (Lipinski definition) is 8. The van der Waals surface area contributed by atoms with Crippen molar-refractivity contribution in [3.05, 3.63) is 105 Å². The van der Waals surface area contributed by atoms with E-state index in [4.69, 9.17) is 4.74 Å². The quantitative estimate of drug-likeness (QED) is 0.203. The number of non-ortho nitro benzene ring substituents is 1. The summed E-state index contributed by atoms with van der Waals surface area (Å²) in [5, 5.41) is 34.1. The van der Waals surface area contributed by atoms with Gasteiger partial charge in [0.2, 0.25) is 5.91 Å². The van der Waals surface area contributed by atoms with Crippen LogP contribution in [-0.4, -0.2) is 39.6 Å². The smallest absolute Gasteiger partial charge is 0.339 e. The summed E-state index contributed by atoms with van der Waals surface area (Å²) in [5.41, 5.74) is 1.13. The highest BCUT2D eigenvalue weighted by atomic mass is 16.6. The SMILES string of the molecule is CCOC(=O)C1=C(C)N(c2ccc(C(=O)O)c(O)c2)C(=O)C1C(Nc1ccccc1)c1ccc([N+](=O)[O-])cc1. The molecule has 3 aromatic rings. The summed E-state index contributed by atoms with van der Waals surface area (Å²) in [6, 6.07) is 17.4. The number of nitrogens with one attached hydrogen (secondary N) is 1. The zero-order valence-corrected chi connectivity index (χ0v) is 21.0. The minimum absolute atomic E-state index is 0.0545. The van der Waals surface area contributed by atoms with Gasteiger partial charge in [-0.2, -0.15) is 0 Å². The Balaban J connectivity index is 1.86. The van der Waals surface area contributed by atoms with E-state index < -0.39 is 40.5 Å². The van der Waals surface area contributed by atoms with Crippen LogP contribution >= 0.6 is 0 Å². The van der Waals surface area contributed by atoms with Gasteiger partial charge in [0, 0.05) is 29.6 Å². The van der Waals surface area contributed by atoms with E-state index in [1.54, 1.807) is 38.1 Å². The van der Waals surface area contributed by atoms with E-state index in [0.29, 0.717) is 11.3 Å². The molecule has 11 nitrogen and oxygen atoms in total. The molecular weight excluding hydrogens is 506 g/mol. The molecule has 0 saturated carbocycles. The number of para-hydroxylation sites is 1. The lowest BCUT2D eigenvalue weighted by Gasteiger charge is -2.27. The molecule has 0 aliphatic carbocycles. The fraction of sp³-hybridized carbons (Fsp3) is 0.179. The largest absolute Gasteiger partial charge is 0.507 e. The Morgan fingerprint density at radius 1 is 1.10 bits per heavy atom. The van der Waals surface area contributed by atoms with Crippen molar-refractivity contribution in [1.29, 1.82) is 0 Å². The van der Waals surface area contributed by atoms with Crippen molar-refractivity contribution in [3.8, 4) is 5.75 Å². The molecule has 0 bridgehead atoms. The topological polar surface area (TPSA) is 159 Å². The Hall–Kier alpha value is -5.19. The fourth-order valence-electron chi connectivity index (χ4n) is 4.60. The standard InChI is InChI=1S/C28H25N3O8/c1-3-39-28(36)23-16(2)30(20-13-14-21(27(34)35)22(32)15-20)26(33)24(23)25(29-18-7-5-4-6-8-18)17-9-11-19(12-10-17)31(37)38/h4-15,24-25,29,32H,3H2,1-2H3,(H,34,35). The number of ether oxygens (including phenoxy) is 1. The number of hydrogen-bond donors (Lipinski definition) is 3. The van der Waals surface area contributed by atoms with Crippen molar-refractivity contribution in [3.63, 3.8) is 0 Å². The number of anilines is 2. The predicted octanol–water partition coefficient (Wildman–Crippen LogP) is 4.65. The first kappa shape index (κ1) is 26.9. The van der Waals surface area contributed by atoms with Crippen LogP contribution in [0.3, 0.4) is 0 Å². The Labute approximate surface area is 223 Å². The van der Waals surface area contributed by atoms with Gasteiger partial charge in [-0.15, -0.1) is 0 Å². The van der Waals surface area contributed by atoms with Crippen LogP contribution in [0.4, 0.5) is 17.1 Å². The fourth-order valence-corrected chi connectivity index (χ4v) is 4.60. The van der Waals surface area contributed by atoms with Gasteiger partial charge in [0.1, 0.15) is 11.3 Å². The van der Waals surface area contributed by atoms with Crippen molar-refractivity contribution in [2.75, 3.05) is 16.8 Å². The van der Waals surface area contributed by atoms with Crippen LogP contribution in [-0.2, 0) is 14.3 Å². The van der Waals surface area contributed by atoms with E-state index in [1.165, 1.54) is 41.3 Å². The number of allylic oxidation sites excluding steroid dienone is 1. The molecule has 0 fully saturated rings. The maximum atomic E-state index is 14.1. The predicted molar refractivity (Wildman–Crippen MR) is 141 cm³/mol. The number of phenols is 1. The Morgan fingerprint density at radius 2 is 1.77 bits per heavy atom. The average Bonchev–Trinajstić information content (AvgIpc) is 3.17. The number of amides is 1. The molecule has 3 aromatic carbocycles. The van der Waals surface area contributed by atoms with Crippen LogP contribution < -0.4 is 10.2 Å². The molecule has 3 N–H and O–H groups in total. The first-order valence-electron chi connectivity index (χ1n) is 12.0. The second kappa shape index (κ2) is 11.1. The molecule has 2 unspecified atom stereocenters. The van der Waals surface area contributed by atoms with Crippen LogP contribution in [0.5, 0.6) is 5.75 Å². The second-order valence-corrected chi connectivity index (χ2v) is 8.71. The molecule has 0 spiro atoms. The minimum Gasteiger partial charge on any atom is -0.507 e. The number of carbonyl (C=O) groups excluding carboxylic acids is 2. The number of benzene rings is 3. The van der Waals surface area contributed by atoms with E-state index in [-0.39, 0.29) is 34.8 Å². The number of carboxylic acids is 1. The van der Waals surface area contributed by atoms with Gasteiger partial charge >= 0.3 is 11.9 Å². The average molecular weight is 532 g/mol. The molecule has 4 rings (SSSR count). The van der Waals surface area contributed by atoms with Gasteiger partial charge in [-0.25, -0.2) is 9.59 Å². The van der Waals surface area contributed by atoms with E-state index in [2.05, 4.69) is 5.32 Å². The molecule has 1 aliphatic rings. The first-order valence-corrected chi connectivity index (χ1v) is 12.0. The number of carboxylic acid groups (broad SMARTS) is 1. The summed E-state index contributed by atoms with van der Waals surface area (Å²) < 4.78 is 5.30. The Bertz CT molecular complexity index is 1470. The van der Waals surface area contributed by atoms with Crippen LogP contribution in [0.1, 0.15) is 35.8 Å². The van der Waals surface area contributed by atoms with Crippen molar-refractivity contribution in [2.45, 2.75) is 19.9 Å². The van der Waals surface area contributed by atoms with Crippen molar-refractivity contribution in [1.82, 2.24) is 0 Å². The van der Waals surface area contributed by atoms with E-state index in [1.807, 2.05) is 6.07 Å². The lowest BCUT2D eigenvalue weighted by molar-refractivity contribution is -0.384. The lowest BCUT2D eigenvalue weighted by atomic mass is 9.86. The highest BCUT2D eigenvalue weighted by Crippen LogP contribution is 2.43. The summed E-state index contributed by atoms with van der Waals surface area (Å²) in [6.45, 7) is 3.25. The van der Waals surface area contributed by atoms with Crippen LogP contribution in [0, 0.1) is 16.0 Å². The highest BCUT2D eigenvalue weighted by Gasteiger charge is 2.47. The summed E-state index contributed by atoms with van der Waals surface area (Å²) in [5.74, 6) is -4.27. The third-order valence-electron chi connectivity index (χ3n) is 6.38. The third kappa shape index (κ3) is 5.28. The van der Waals surface area contributed by atoms with E-state index in [9.17, 15) is 34.7 Å². The number of nitro groups is 1. The number of aromatic hydroxyl groups is 1. The molecule has 1 heterocycles. The molecular formula is C28H25N3O8. The molecule has 1 amide bonds. The number of rotatable bonds is 9. The number of aromatic carboxylic acids is 1.